The summed E-state index contributed by atoms with van der Waals surface area (Å²) >= 11 is 0. The average molecular weight is 362 g/mol. The van der Waals surface area contributed by atoms with Crippen LogP contribution in [0.4, 0.5) is 5.69 Å². The third-order valence-electron chi connectivity index (χ3n) is 4.80. The Balaban J connectivity index is 1.91. The predicted octanol–water partition coefficient (Wildman–Crippen LogP) is 4.45. The summed E-state index contributed by atoms with van der Waals surface area (Å²) in [4.78, 5) is 13.3. The van der Waals surface area contributed by atoms with Crippen LogP contribution in [0, 0.1) is 11.3 Å². The van der Waals surface area contributed by atoms with Crippen molar-refractivity contribution in [3.8, 4) is 11.8 Å². The van der Waals surface area contributed by atoms with Crippen LogP contribution in [0.15, 0.2) is 42.5 Å². The van der Waals surface area contributed by atoms with E-state index in [0.717, 1.165) is 24.3 Å². The fourth-order valence-corrected chi connectivity index (χ4v) is 3.30. The molecular weight excluding hydrogens is 340 g/mol. The van der Waals surface area contributed by atoms with Crippen molar-refractivity contribution < 1.29 is 14.6 Å². The summed E-state index contributed by atoms with van der Waals surface area (Å²) in [5, 5.41) is 18.6. The maximum Gasteiger partial charge on any atom is 0.335 e. The number of carboxylic acids is 1. The number of piperidine rings is 1. The highest BCUT2D eigenvalue weighted by Gasteiger charge is 2.13. The highest BCUT2D eigenvalue weighted by atomic mass is 16.5. The topological polar surface area (TPSA) is 73.6 Å². The van der Waals surface area contributed by atoms with E-state index in [0.29, 0.717) is 16.9 Å². The summed E-state index contributed by atoms with van der Waals surface area (Å²) in [6.45, 7) is 2.11. The van der Waals surface area contributed by atoms with Crippen LogP contribution < -0.4 is 9.64 Å². The molecule has 0 radical (unpaired) electrons. The summed E-state index contributed by atoms with van der Waals surface area (Å²) in [6.07, 6.45) is 5.46. The van der Waals surface area contributed by atoms with Crippen molar-refractivity contribution in [1.82, 2.24) is 0 Å². The minimum atomic E-state index is -0.987. The molecule has 0 amide bonds. The minimum Gasteiger partial charge on any atom is -0.496 e. The molecule has 1 saturated heterocycles. The van der Waals surface area contributed by atoms with Gasteiger partial charge in [-0.25, -0.2) is 4.79 Å². The van der Waals surface area contributed by atoms with E-state index in [1.807, 2.05) is 12.1 Å². The number of anilines is 1. The number of rotatable bonds is 5. The normalized spacial score (nSPS) is 14.5. The summed E-state index contributed by atoms with van der Waals surface area (Å²) in [6, 6.07) is 14.5. The van der Waals surface area contributed by atoms with Crippen LogP contribution in [0.2, 0.25) is 0 Å². The quantitative estimate of drug-likeness (QED) is 0.628. The molecule has 5 heteroatoms. The first-order valence-electron chi connectivity index (χ1n) is 9.01. The van der Waals surface area contributed by atoms with Gasteiger partial charge in [-0.1, -0.05) is 12.1 Å². The Bertz CT molecular complexity index is 889. The lowest BCUT2D eigenvalue weighted by Crippen LogP contribution is -2.29. The molecular formula is C22H22N2O3. The van der Waals surface area contributed by atoms with Gasteiger partial charge in [0.15, 0.2) is 0 Å². The lowest BCUT2D eigenvalue weighted by Gasteiger charge is -2.29. The van der Waals surface area contributed by atoms with Gasteiger partial charge in [0.1, 0.15) is 5.75 Å². The van der Waals surface area contributed by atoms with E-state index >= 15 is 0 Å². The summed E-state index contributed by atoms with van der Waals surface area (Å²) in [5.41, 5.74) is 3.27. The number of allylic oxidation sites excluding steroid dienone is 1. The fourth-order valence-electron chi connectivity index (χ4n) is 3.30. The predicted molar refractivity (Wildman–Crippen MR) is 106 cm³/mol. The molecule has 1 fully saturated rings. The van der Waals surface area contributed by atoms with E-state index in [1.54, 1.807) is 25.3 Å². The second-order valence-electron chi connectivity index (χ2n) is 6.53. The Morgan fingerprint density at radius 2 is 1.78 bits per heavy atom. The minimum absolute atomic E-state index is 0.194. The third kappa shape index (κ3) is 4.29. The Kier molecular flexibility index (Phi) is 5.77. The molecule has 1 N–H and O–H groups in total. The molecule has 1 aliphatic rings. The van der Waals surface area contributed by atoms with Crippen molar-refractivity contribution in [3.05, 3.63) is 59.2 Å². The van der Waals surface area contributed by atoms with Crippen molar-refractivity contribution in [2.24, 2.45) is 0 Å². The Morgan fingerprint density at radius 3 is 2.37 bits per heavy atom. The molecule has 0 saturated carbocycles. The second-order valence-corrected chi connectivity index (χ2v) is 6.53. The number of hydrogen-bond donors (Lipinski definition) is 1. The molecule has 0 aromatic heterocycles. The average Bonchev–Trinajstić information content (AvgIpc) is 2.72. The molecule has 0 aliphatic carbocycles. The van der Waals surface area contributed by atoms with E-state index in [1.165, 1.54) is 31.4 Å². The molecule has 0 atom stereocenters. The van der Waals surface area contributed by atoms with Gasteiger partial charge in [0.25, 0.3) is 0 Å². The van der Waals surface area contributed by atoms with Gasteiger partial charge in [0.05, 0.1) is 24.3 Å². The molecule has 27 heavy (non-hydrogen) atoms. The number of carbonyl (C=O) groups is 1. The number of benzene rings is 2. The van der Waals surface area contributed by atoms with Crippen LogP contribution in [0.1, 0.15) is 40.7 Å². The van der Waals surface area contributed by atoms with Gasteiger partial charge in [-0.05, 0) is 55.2 Å². The first-order chi connectivity index (χ1) is 13.1. The van der Waals surface area contributed by atoms with Gasteiger partial charge in [0.2, 0.25) is 0 Å². The molecule has 138 valence electrons. The molecule has 5 nitrogen and oxygen atoms in total. The van der Waals surface area contributed by atoms with Crippen LogP contribution in [0.3, 0.4) is 0 Å². The standard InChI is InChI=1S/C22H22N2O3/c1-27-21-14-20(24-11-3-2-4-12-24)10-9-18(21)13-19(15-23)16-5-7-17(8-6-16)22(25)26/h5-10,13-14H,2-4,11-12H2,1H3,(H,25,26)/b19-13-. The lowest BCUT2D eigenvalue weighted by molar-refractivity contribution is 0.0697. The molecule has 0 spiro atoms. The fraction of sp³-hybridized carbons (Fsp3) is 0.273. The van der Waals surface area contributed by atoms with Crippen LogP contribution in [0.5, 0.6) is 5.75 Å². The SMILES string of the molecule is COc1cc(N2CCCCC2)ccc1/C=C(/C#N)c1ccc(C(=O)O)cc1. The van der Waals surface area contributed by atoms with Crippen molar-refractivity contribution in [2.45, 2.75) is 19.3 Å². The van der Waals surface area contributed by atoms with Crippen molar-refractivity contribution >= 4 is 23.3 Å². The summed E-state index contributed by atoms with van der Waals surface area (Å²) < 4.78 is 5.55. The molecule has 2 aromatic rings. The van der Waals surface area contributed by atoms with Crippen LogP contribution >= 0.6 is 0 Å². The number of aromatic carboxylic acids is 1. The molecule has 1 aliphatic heterocycles. The molecule has 3 rings (SSSR count). The van der Waals surface area contributed by atoms with Crippen molar-refractivity contribution in [2.75, 3.05) is 25.1 Å². The van der Waals surface area contributed by atoms with Gasteiger partial charge in [-0.2, -0.15) is 5.26 Å². The first-order valence-corrected chi connectivity index (χ1v) is 9.01. The van der Waals surface area contributed by atoms with Crippen LogP contribution in [-0.2, 0) is 0 Å². The number of methoxy groups -OCH3 is 1. The van der Waals surface area contributed by atoms with Gasteiger partial charge in [-0.15, -0.1) is 0 Å². The zero-order valence-corrected chi connectivity index (χ0v) is 15.3. The maximum atomic E-state index is 11.0. The van der Waals surface area contributed by atoms with E-state index in [-0.39, 0.29) is 5.56 Å². The number of hydrogen-bond acceptors (Lipinski definition) is 4. The molecule has 0 unspecified atom stereocenters. The van der Waals surface area contributed by atoms with Gasteiger partial charge in [-0.3, -0.25) is 0 Å². The Labute approximate surface area is 159 Å². The Morgan fingerprint density at radius 1 is 1.11 bits per heavy atom. The monoisotopic (exact) mass is 362 g/mol. The van der Waals surface area contributed by atoms with Crippen LogP contribution in [0.25, 0.3) is 11.6 Å². The summed E-state index contributed by atoms with van der Waals surface area (Å²) in [7, 11) is 1.63. The molecule has 0 bridgehead atoms. The highest BCUT2D eigenvalue weighted by molar-refractivity contribution is 5.93. The number of nitrogens with zero attached hydrogens (tertiary/aromatic N) is 2. The number of nitriles is 1. The smallest absolute Gasteiger partial charge is 0.335 e. The maximum absolute atomic E-state index is 11.0. The zero-order chi connectivity index (χ0) is 19.2. The largest absolute Gasteiger partial charge is 0.496 e. The van der Waals surface area contributed by atoms with E-state index in [4.69, 9.17) is 9.84 Å². The van der Waals surface area contributed by atoms with Crippen LogP contribution in [-0.4, -0.2) is 31.3 Å². The number of ether oxygens (including phenoxy) is 1. The van der Waals surface area contributed by atoms with Gasteiger partial charge >= 0.3 is 5.97 Å². The van der Waals surface area contributed by atoms with E-state index in [2.05, 4.69) is 17.0 Å². The van der Waals surface area contributed by atoms with Gasteiger partial charge < -0.3 is 14.7 Å². The number of carboxylic acid groups (broad SMARTS) is 1. The van der Waals surface area contributed by atoms with E-state index in [9.17, 15) is 10.1 Å². The van der Waals surface area contributed by atoms with Gasteiger partial charge in [0, 0.05) is 30.4 Å². The lowest BCUT2D eigenvalue weighted by atomic mass is 10.0. The van der Waals surface area contributed by atoms with E-state index < -0.39 is 5.97 Å². The highest BCUT2D eigenvalue weighted by Crippen LogP contribution is 2.30. The third-order valence-corrected chi connectivity index (χ3v) is 4.80. The first kappa shape index (κ1) is 18.5. The Hall–Kier alpha value is -3.26. The zero-order valence-electron chi connectivity index (χ0n) is 15.3. The second kappa shape index (κ2) is 8.41. The summed E-state index contributed by atoms with van der Waals surface area (Å²) in [5.74, 6) is -0.271. The molecule has 1 heterocycles. The van der Waals surface area contributed by atoms with Crippen molar-refractivity contribution in [1.29, 1.82) is 5.26 Å². The molecule has 2 aromatic carbocycles. The van der Waals surface area contributed by atoms with Crippen molar-refractivity contribution in [3.63, 3.8) is 0 Å².